The summed E-state index contributed by atoms with van der Waals surface area (Å²) in [5.74, 6) is 0.839. The summed E-state index contributed by atoms with van der Waals surface area (Å²) in [7, 11) is 1.91. The summed E-state index contributed by atoms with van der Waals surface area (Å²) in [5.41, 5.74) is 3.15. The van der Waals surface area contributed by atoms with Gasteiger partial charge < -0.3 is 29.6 Å². The van der Waals surface area contributed by atoms with Crippen molar-refractivity contribution in [2.45, 2.75) is 13.3 Å². The summed E-state index contributed by atoms with van der Waals surface area (Å²) < 4.78 is 23.3. The lowest BCUT2D eigenvalue weighted by molar-refractivity contribution is -0.121. The van der Waals surface area contributed by atoms with Crippen molar-refractivity contribution in [2.24, 2.45) is 0 Å². The van der Waals surface area contributed by atoms with Crippen molar-refractivity contribution < 1.29 is 23.7 Å². The standard InChI is InChI=1S/C25H33N3O5S/c1-3-24(29)27-10-11-30-12-13-31-14-15-32-16-17-33-21-8-9-22-23(18-21)34-25(28-22)19-4-6-20(26-2)7-5-19/h4-9,18,26H,3,10-17H2,1-2H3,(H,27,29). The lowest BCUT2D eigenvalue weighted by Gasteiger charge is -2.08. The topological polar surface area (TPSA) is 90.9 Å². The van der Waals surface area contributed by atoms with E-state index in [9.17, 15) is 4.79 Å². The maximum atomic E-state index is 11.1. The first-order chi connectivity index (χ1) is 16.7. The molecule has 0 atom stereocenters. The van der Waals surface area contributed by atoms with E-state index in [0.717, 1.165) is 32.2 Å². The van der Waals surface area contributed by atoms with Crippen LogP contribution in [-0.2, 0) is 19.0 Å². The molecule has 8 nitrogen and oxygen atoms in total. The SMILES string of the molecule is CCC(=O)NCCOCCOCCOCCOc1ccc2nc(-c3ccc(NC)cc3)sc2c1. The van der Waals surface area contributed by atoms with Gasteiger partial charge in [0.05, 0.1) is 49.9 Å². The number of thiazole rings is 1. The zero-order chi connectivity index (χ0) is 24.0. The van der Waals surface area contributed by atoms with Gasteiger partial charge in [-0.05, 0) is 42.5 Å². The van der Waals surface area contributed by atoms with Gasteiger partial charge in [0, 0.05) is 31.3 Å². The highest BCUT2D eigenvalue weighted by Crippen LogP contribution is 2.32. The molecule has 0 fully saturated rings. The summed E-state index contributed by atoms with van der Waals surface area (Å²) in [6.45, 7) is 5.78. The van der Waals surface area contributed by atoms with Crippen LogP contribution in [0.1, 0.15) is 13.3 Å². The molecule has 0 unspecified atom stereocenters. The van der Waals surface area contributed by atoms with Gasteiger partial charge in [-0.15, -0.1) is 11.3 Å². The zero-order valence-corrected chi connectivity index (χ0v) is 20.6. The molecule has 9 heteroatoms. The monoisotopic (exact) mass is 487 g/mol. The molecule has 2 aromatic carbocycles. The Balaban J connectivity index is 1.26. The Morgan fingerprint density at radius 1 is 0.912 bits per heavy atom. The van der Waals surface area contributed by atoms with Crippen LogP contribution in [0.25, 0.3) is 20.8 Å². The van der Waals surface area contributed by atoms with E-state index in [4.69, 9.17) is 23.9 Å². The van der Waals surface area contributed by atoms with Gasteiger partial charge in [0.25, 0.3) is 0 Å². The zero-order valence-electron chi connectivity index (χ0n) is 19.8. The van der Waals surface area contributed by atoms with E-state index in [0.29, 0.717) is 59.2 Å². The lowest BCUT2D eigenvalue weighted by atomic mass is 10.2. The van der Waals surface area contributed by atoms with Crippen LogP contribution in [-0.4, -0.2) is 70.7 Å². The summed E-state index contributed by atoms with van der Waals surface area (Å²) >= 11 is 1.65. The van der Waals surface area contributed by atoms with E-state index in [1.807, 2.05) is 44.3 Å². The summed E-state index contributed by atoms with van der Waals surface area (Å²) in [6.07, 6.45) is 0.489. The number of carbonyl (C=O) groups is 1. The van der Waals surface area contributed by atoms with Gasteiger partial charge in [-0.1, -0.05) is 6.92 Å². The molecular formula is C25H33N3O5S. The molecule has 0 saturated heterocycles. The molecule has 0 spiro atoms. The highest BCUT2D eigenvalue weighted by Gasteiger charge is 2.08. The molecule has 1 aromatic heterocycles. The maximum absolute atomic E-state index is 11.1. The summed E-state index contributed by atoms with van der Waals surface area (Å²) in [4.78, 5) is 15.8. The molecule has 1 heterocycles. The lowest BCUT2D eigenvalue weighted by Crippen LogP contribution is -2.26. The number of amides is 1. The second-order valence-corrected chi connectivity index (χ2v) is 8.40. The largest absolute Gasteiger partial charge is 0.491 e. The van der Waals surface area contributed by atoms with Crippen molar-refractivity contribution in [2.75, 3.05) is 65.2 Å². The highest BCUT2D eigenvalue weighted by molar-refractivity contribution is 7.21. The quantitative estimate of drug-likeness (QED) is 0.296. The fourth-order valence-electron chi connectivity index (χ4n) is 3.05. The maximum Gasteiger partial charge on any atom is 0.219 e. The van der Waals surface area contributed by atoms with Gasteiger partial charge in [0.2, 0.25) is 5.91 Å². The molecule has 3 aromatic rings. The smallest absolute Gasteiger partial charge is 0.219 e. The molecule has 0 saturated carbocycles. The summed E-state index contributed by atoms with van der Waals surface area (Å²) in [5, 5.41) is 6.87. The average Bonchev–Trinajstić information content (AvgIpc) is 3.30. The number of aromatic nitrogens is 1. The van der Waals surface area contributed by atoms with Gasteiger partial charge in [0.15, 0.2) is 0 Å². The number of nitrogens with one attached hydrogen (secondary N) is 2. The highest BCUT2D eigenvalue weighted by atomic mass is 32.1. The third kappa shape index (κ3) is 8.57. The molecular weight excluding hydrogens is 454 g/mol. The number of fused-ring (bicyclic) bond motifs is 1. The van der Waals surface area contributed by atoms with Crippen molar-refractivity contribution >= 4 is 33.1 Å². The third-order valence-electron chi connectivity index (χ3n) is 4.91. The van der Waals surface area contributed by atoms with Crippen LogP contribution in [0.5, 0.6) is 5.75 Å². The number of hydrogen-bond acceptors (Lipinski definition) is 8. The molecule has 0 aliphatic heterocycles. The Kier molecular flexibility index (Phi) is 11.1. The number of rotatable bonds is 16. The second-order valence-electron chi connectivity index (χ2n) is 7.36. The van der Waals surface area contributed by atoms with Gasteiger partial charge >= 0.3 is 0 Å². The van der Waals surface area contributed by atoms with Crippen LogP contribution in [0.15, 0.2) is 42.5 Å². The third-order valence-corrected chi connectivity index (χ3v) is 5.98. The average molecular weight is 488 g/mol. The van der Waals surface area contributed by atoms with Gasteiger partial charge in [-0.3, -0.25) is 4.79 Å². The Bertz CT molecular complexity index is 1010. The Morgan fingerprint density at radius 3 is 2.26 bits per heavy atom. The first-order valence-electron chi connectivity index (χ1n) is 11.5. The van der Waals surface area contributed by atoms with Crippen LogP contribution < -0.4 is 15.4 Å². The fraction of sp³-hybridized carbons (Fsp3) is 0.440. The van der Waals surface area contributed by atoms with E-state index in [1.165, 1.54) is 0 Å². The minimum atomic E-state index is 0.0331. The van der Waals surface area contributed by atoms with Crippen LogP contribution in [0.4, 0.5) is 5.69 Å². The van der Waals surface area contributed by atoms with Gasteiger partial charge in [-0.2, -0.15) is 0 Å². The van der Waals surface area contributed by atoms with E-state index in [1.54, 1.807) is 11.3 Å². The minimum absolute atomic E-state index is 0.0331. The number of benzene rings is 2. The van der Waals surface area contributed by atoms with Crippen molar-refractivity contribution in [1.29, 1.82) is 0 Å². The molecule has 0 bridgehead atoms. The van der Waals surface area contributed by atoms with Crippen molar-refractivity contribution in [1.82, 2.24) is 10.3 Å². The molecule has 1 amide bonds. The Labute approximate surface area is 204 Å². The predicted octanol–water partition coefficient (Wildman–Crippen LogP) is 3.96. The van der Waals surface area contributed by atoms with Crippen LogP contribution >= 0.6 is 11.3 Å². The molecule has 34 heavy (non-hydrogen) atoms. The molecule has 184 valence electrons. The number of ether oxygens (including phenoxy) is 4. The molecule has 0 aliphatic rings. The Morgan fingerprint density at radius 2 is 1.59 bits per heavy atom. The first kappa shape index (κ1) is 25.9. The number of nitrogens with zero attached hydrogens (tertiary/aromatic N) is 1. The van der Waals surface area contributed by atoms with Crippen molar-refractivity contribution in [3.8, 4) is 16.3 Å². The van der Waals surface area contributed by atoms with Gasteiger partial charge in [0.1, 0.15) is 17.4 Å². The molecule has 0 radical (unpaired) electrons. The molecule has 3 rings (SSSR count). The fourth-order valence-corrected chi connectivity index (χ4v) is 4.05. The number of hydrogen-bond donors (Lipinski definition) is 2. The number of carbonyl (C=O) groups excluding carboxylic acids is 1. The summed E-state index contributed by atoms with van der Waals surface area (Å²) in [6, 6.07) is 14.2. The Hall–Kier alpha value is -2.72. The van der Waals surface area contributed by atoms with E-state index in [-0.39, 0.29) is 5.91 Å². The van der Waals surface area contributed by atoms with Gasteiger partial charge in [-0.25, -0.2) is 4.98 Å². The molecule has 2 N–H and O–H groups in total. The van der Waals surface area contributed by atoms with Crippen LogP contribution in [0.3, 0.4) is 0 Å². The van der Waals surface area contributed by atoms with E-state index >= 15 is 0 Å². The first-order valence-corrected chi connectivity index (χ1v) is 12.3. The van der Waals surface area contributed by atoms with Crippen LogP contribution in [0, 0.1) is 0 Å². The van der Waals surface area contributed by atoms with E-state index in [2.05, 4.69) is 22.8 Å². The minimum Gasteiger partial charge on any atom is -0.491 e. The van der Waals surface area contributed by atoms with Crippen molar-refractivity contribution in [3.05, 3.63) is 42.5 Å². The van der Waals surface area contributed by atoms with E-state index < -0.39 is 0 Å². The molecule has 0 aliphatic carbocycles. The second kappa shape index (κ2) is 14.5. The van der Waals surface area contributed by atoms with Crippen molar-refractivity contribution in [3.63, 3.8) is 0 Å². The number of anilines is 1. The predicted molar refractivity (Wildman–Crippen MR) is 136 cm³/mol. The van der Waals surface area contributed by atoms with Crippen LogP contribution in [0.2, 0.25) is 0 Å². The normalized spacial score (nSPS) is 11.0.